The fourth-order valence-electron chi connectivity index (χ4n) is 2.71. The lowest BCUT2D eigenvalue weighted by Crippen LogP contribution is -2.70. The molecule has 158 valence electrons. The molecule has 0 heterocycles. The number of carbonyl (C=O) groups excluding carboxylic acids is 3. The molecule has 0 rings (SSSR count). The van der Waals surface area contributed by atoms with Crippen molar-refractivity contribution >= 4 is 17.8 Å². The third kappa shape index (κ3) is 6.13. The number of methoxy groups -OCH3 is 1. The molecule has 10 heteroatoms. The highest BCUT2D eigenvalue weighted by Crippen LogP contribution is 2.34. The number of esters is 1. The summed E-state index contributed by atoms with van der Waals surface area (Å²) in [5, 5.41) is 34.6. The largest absolute Gasteiger partial charge is 0.456 e. The minimum Gasteiger partial charge on any atom is -0.456 e. The second-order valence-electron chi connectivity index (χ2n) is 7.32. The Balaban J connectivity index is 6.01. The van der Waals surface area contributed by atoms with E-state index in [1.807, 2.05) is 0 Å². The van der Waals surface area contributed by atoms with E-state index >= 15 is 0 Å². The zero-order chi connectivity index (χ0) is 21.8. The molecule has 10 nitrogen and oxygen atoms in total. The van der Waals surface area contributed by atoms with E-state index in [9.17, 15) is 29.7 Å². The highest BCUT2D eigenvalue weighted by atomic mass is 16.6. The summed E-state index contributed by atoms with van der Waals surface area (Å²) in [5.41, 5.74) is -6.19. The Bertz CT molecular complexity index is 559. The van der Waals surface area contributed by atoms with Crippen LogP contribution in [0.1, 0.15) is 41.5 Å². The topological polar surface area (TPSA) is 137 Å². The number of hydrogen-bond donors (Lipinski definition) is 3. The predicted octanol–water partition coefficient (Wildman–Crippen LogP) is -0.941. The molecule has 0 unspecified atom stereocenters. The number of rotatable bonds is 8. The molecule has 0 aliphatic carbocycles. The summed E-state index contributed by atoms with van der Waals surface area (Å²) in [5.74, 6) is -1.82. The summed E-state index contributed by atoms with van der Waals surface area (Å²) in [4.78, 5) is 35.1. The molecule has 0 aliphatic rings. The highest BCUT2D eigenvalue weighted by Gasteiger charge is 2.57. The van der Waals surface area contributed by atoms with E-state index in [-0.39, 0.29) is 6.61 Å². The Morgan fingerprint density at radius 1 is 1.00 bits per heavy atom. The summed E-state index contributed by atoms with van der Waals surface area (Å²) in [6, 6.07) is 0. The van der Waals surface area contributed by atoms with E-state index in [4.69, 9.17) is 9.47 Å². The molecule has 4 atom stereocenters. The van der Waals surface area contributed by atoms with Crippen LogP contribution in [0.3, 0.4) is 0 Å². The van der Waals surface area contributed by atoms with Crippen molar-refractivity contribution in [3.8, 4) is 0 Å². The van der Waals surface area contributed by atoms with Crippen LogP contribution < -0.4 is 0 Å². The molecule has 0 radical (unpaired) electrons. The van der Waals surface area contributed by atoms with Gasteiger partial charge in [0.25, 0.3) is 0 Å². The minimum absolute atomic E-state index is 0.305. The van der Waals surface area contributed by atoms with Crippen LogP contribution in [0.4, 0.5) is 0 Å². The van der Waals surface area contributed by atoms with Crippen molar-refractivity contribution in [1.29, 1.82) is 0 Å². The summed E-state index contributed by atoms with van der Waals surface area (Å²) in [6.07, 6.45) is -1.60. The number of hydrazine groups is 1. The first-order valence-electron chi connectivity index (χ1n) is 8.37. The first kappa shape index (κ1) is 25.2. The molecule has 0 spiro atoms. The van der Waals surface area contributed by atoms with Crippen LogP contribution in [-0.2, 0) is 23.9 Å². The zero-order valence-corrected chi connectivity index (χ0v) is 17.3. The normalized spacial score (nSPS) is 19.1. The van der Waals surface area contributed by atoms with Crippen LogP contribution in [0.2, 0.25) is 0 Å². The van der Waals surface area contributed by atoms with Gasteiger partial charge in [0.2, 0.25) is 11.8 Å². The molecule has 0 aromatic heterocycles. The van der Waals surface area contributed by atoms with Gasteiger partial charge < -0.3 is 24.8 Å². The summed E-state index contributed by atoms with van der Waals surface area (Å²) in [7, 11) is 2.64. The molecule has 27 heavy (non-hydrogen) atoms. The van der Waals surface area contributed by atoms with Gasteiger partial charge in [-0.1, -0.05) is 0 Å². The third-order valence-electron chi connectivity index (χ3n) is 4.53. The lowest BCUT2D eigenvalue weighted by molar-refractivity contribution is -0.254. The molecule has 0 aromatic rings. The number of nitrogens with zero attached hydrogens (tertiary/aromatic N) is 2. The average molecular weight is 392 g/mol. The fraction of sp³-hybridized carbons (Fsp3) is 0.824. The van der Waals surface area contributed by atoms with Gasteiger partial charge in [0.1, 0.15) is 16.8 Å². The van der Waals surface area contributed by atoms with Crippen molar-refractivity contribution in [3.05, 3.63) is 0 Å². The van der Waals surface area contributed by atoms with Gasteiger partial charge in [0, 0.05) is 34.9 Å². The Kier molecular flexibility index (Phi) is 8.38. The second kappa shape index (κ2) is 8.96. The third-order valence-corrected chi connectivity index (χ3v) is 4.53. The summed E-state index contributed by atoms with van der Waals surface area (Å²) in [6.45, 7) is 6.34. The number of ether oxygens (including phenoxy) is 2. The van der Waals surface area contributed by atoms with Crippen LogP contribution in [0, 0.1) is 0 Å². The van der Waals surface area contributed by atoms with Crippen LogP contribution in [0.5, 0.6) is 0 Å². The Morgan fingerprint density at radius 3 is 1.81 bits per heavy atom. The van der Waals surface area contributed by atoms with Crippen LogP contribution in [0.15, 0.2) is 0 Å². The average Bonchev–Trinajstić information content (AvgIpc) is 2.48. The molecule has 0 aromatic carbocycles. The highest BCUT2D eigenvalue weighted by molar-refractivity contribution is 5.79. The molecule has 0 fully saturated rings. The van der Waals surface area contributed by atoms with Gasteiger partial charge in [-0.25, -0.2) is 5.01 Å². The van der Waals surface area contributed by atoms with Crippen molar-refractivity contribution < 1.29 is 39.2 Å². The standard InChI is InChI=1S/C17H32N2O8/c1-11(20)18(7)19(12(2)21)9-16(5,24)17(6,25)14(27-13(3)22)15(4,23)10-26-8/h14,23-25H,9-10H2,1-8H3/t14-,15-,16+,17+/m1/s1. The van der Waals surface area contributed by atoms with E-state index in [1.54, 1.807) is 0 Å². The van der Waals surface area contributed by atoms with Crippen LogP contribution in [-0.4, -0.2) is 93.3 Å². The Morgan fingerprint density at radius 2 is 1.48 bits per heavy atom. The first-order valence-corrected chi connectivity index (χ1v) is 8.37. The van der Waals surface area contributed by atoms with Gasteiger partial charge >= 0.3 is 5.97 Å². The maximum absolute atomic E-state index is 11.9. The smallest absolute Gasteiger partial charge is 0.303 e. The summed E-state index contributed by atoms with van der Waals surface area (Å²) >= 11 is 0. The Labute approximate surface area is 159 Å². The lowest BCUT2D eigenvalue weighted by atomic mass is 9.75. The molecule has 2 amide bonds. The van der Waals surface area contributed by atoms with E-state index < -0.39 is 47.2 Å². The zero-order valence-electron chi connectivity index (χ0n) is 17.3. The maximum atomic E-state index is 11.9. The van der Waals surface area contributed by atoms with Crippen molar-refractivity contribution in [2.75, 3.05) is 27.3 Å². The van der Waals surface area contributed by atoms with Gasteiger partial charge in [0.15, 0.2) is 6.10 Å². The summed E-state index contributed by atoms with van der Waals surface area (Å²) < 4.78 is 10.0. The van der Waals surface area contributed by atoms with E-state index in [0.717, 1.165) is 23.9 Å². The molecule has 0 aliphatic heterocycles. The van der Waals surface area contributed by atoms with E-state index in [1.165, 1.54) is 41.9 Å². The second-order valence-corrected chi connectivity index (χ2v) is 7.32. The molecule has 3 N–H and O–H groups in total. The van der Waals surface area contributed by atoms with Gasteiger partial charge in [-0.2, -0.15) is 0 Å². The van der Waals surface area contributed by atoms with Crippen molar-refractivity contribution in [3.63, 3.8) is 0 Å². The monoisotopic (exact) mass is 392 g/mol. The Hall–Kier alpha value is -1.75. The van der Waals surface area contributed by atoms with Crippen molar-refractivity contribution in [2.24, 2.45) is 0 Å². The maximum Gasteiger partial charge on any atom is 0.303 e. The number of amides is 2. The SMILES string of the molecule is COC[C@@](C)(O)[C@@H](OC(C)=O)[C@](C)(O)[C@@](C)(O)CN(C(C)=O)N(C)C(C)=O. The molecule has 0 bridgehead atoms. The number of carbonyl (C=O) groups is 3. The van der Waals surface area contributed by atoms with Crippen molar-refractivity contribution in [2.45, 2.75) is 64.4 Å². The van der Waals surface area contributed by atoms with Crippen molar-refractivity contribution in [1.82, 2.24) is 10.0 Å². The fourth-order valence-corrected chi connectivity index (χ4v) is 2.71. The van der Waals surface area contributed by atoms with E-state index in [2.05, 4.69) is 0 Å². The predicted molar refractivity (Wildman–Crippen MR) is 95.1 cm³/mol. The van der Waals surface area contributed by atoms with Crippen LogP contribution in [0.25, 0.3) is 0 Å². The van der Waals surface area contributed by atoms with Crippen LogP contribution >= 0.6 is 0 Å². The molecule has 0 saturated heterocycles. The minimum atomic E-state index is -2.23. The quantitative estimate of drug-likeness (QED) is 0.356. The molecular formula is C17H32N2O8. The van der Waals surface area contributed by atoms with Gasteiger partial charge in [0.05, 0.1) is 13.2 Å². The molecule has 0 saturated carbocycles. The first-order chi connectivity index (χ1) is 12.0. The van der Waals surface area contributed by atoms with Gasteiger partial charge in [-0.15, -0.1) is 0 Å². The molecular weight excluding hydrogens is 360 g/mol. The van der Waals surface area contributed by atoms with Gasteiger partial charge in [-0.05, 0) is 20.8 Å². The number of hydrogen-bond acceptors (Lipinski definition) is 8. The van der Waals surface area contributed by atoms with Gasteiger partial charge in [-0.3, -0.25) is 19.4 Å². The number of aliphatic hydroxyl groups is 3. The van der Waals surface area contributed by atoms with E-state index in [0.29, 0.717) is 0 Å². The lowest BCUT2D eigenvalue weighted by Gasteiger charge is -2.49.